The number of hydrogen-bond donors (Lipinski definition) is 1. The SMILES string of the molecule is CC(C)COC(=O)CC1C(=O)NCCN1CC(=O)N1CCCCC1. The number of ether oxygens (including phenoxy) is 1. The van der Waals surface area contributed by atoms with Crippen molar-refractivity contribution in [3.8, 4) is 0 Å². The molecule has 1 N–H and O–H groups in total. The Balaban J connectivity index is 1.91. The highest BCUT2D eigenvalue weighted by atomic mass is 16.5. The van der Waals surface area contributed by atoms with Crippen LogP contribution in [0.2, 0.25) is 0 Å². The van der Waals surface area contributed by atoms with Crippen LogP contribution in [-0.4, -0.2) is 73.0 Å². The molecular weight excluding hydrogens is 310 g/mol. The molecule has 136 valence electrons. The van der Waals surface area contributed by atoms with Crippen molar-refractivity contribution in [1.29, 1.82) is 0 Å². The van der Waals surface area contributed by atoms with Gasteiger partial charge in [0.1, 0.15) is 6.04 Å². The first-order valence-corrected chi connectivity index (χ1v) is 8.92. The van der Waals surface area contributed by atoms with Gasteiger partial charge in [-0.3, -0.25) is 19.3 Å². The molecule has 7 heteroatoms. The van der Waals surface area contributed by atoms with Gasteiger partial charge in [-0.15, -0.1) is 0 Å². The Bertz CT molecular complexity index is 461. The van der Waals surface area contributed by atoms with E-state index in [1.807, 2.05) is 23.6 Å². The van der Waals surface area contributed by atoms with Crippen LogP contribution in [0.4, 0.5) is 0 Å². The molecule has 1 unspecified atom stereocenters. The molecule has 2 amide bonds. The molecule has 7 nitrogen and oxygen atoms in total. The van der Waals surface area contributed by atoms with E-state index in [1.165, 1.54) is 6.42 Å². The summed E-state index contributed by atoms with van der Waals surface area (Å²) in [5, 5.41) is 2.77. The molecule has 2 aliphatic rings. The van der Waals surface area contributed by atoms with Crippen molar-refractivity contribution >= 4 is 17.8 Å². The van der Waals surface area contributed by atoms with Gasteiger partial charge in [0.15, 0.2) is 0 Å². The summed E-state index contributed by atoms with van der Waals surface area (Å²) in [6.45, 7) is 7.13. The average molecular weight is 339 g/mol. The monoisotopic (exact) mass is 339 g/mol. The molecule has 0 aromatic rings. The minimum atomic E-state index is -0.618. The number of nitrogens with zero attached hydrogens (tertiary/aromatic N) is 2. The highest BCUT2D eigenvalue weighted by molar-refractivity contribution is 5.88. The van der Waals surface area contributed by atoms with Crippen LogP contribution in [0.15, 0.2) is 0 Å². The van der Waals surface area contributed by atoms with Gasteiger partial charge >= 0.3 is 5.97 Å². The molecule has 1 atom stereocenters. The van der Waals surface area contributed by atoms with E-state index in [2.05, 4.69) is 5.32 Å². The molecule has 0 spiro atoms. The molecule has 2 aliphatic heterocycles. The van der Waals surface area contributed by atoms with Gasteiger partial charge in [-0.05, 0) is 25.2 Å². The highest BCUT2D eigenvalue weighted by Gasteiger charge is 2.34. The standard InChI is InChI=1S/C17H29N3O4/c1-13(2)12-24-16(22)10-14-17(23)18-6-9-20(14)11-15(21)19-7-4-3-5-8-19/h13-14H,3-12H2,1-2H3,(H,18,23). The molecular formula is C17H29N3O4. The fourth-order valence-electron chi connectivity index (χ4n) is 3.07. The summed E-state index contributed by atoms with van der Waals surface area (Å²) in [7, 11) is 0. The van der Waals surface area contributed by atoms with Gasteiger partial charge in [-0.2, -0.15) is 0 Å². The van der Waals surface area contributed by atoms with E-state index < -0.39 is 6.04 Å². The van der Waals surface area contributed by atoms with E-state index in [0.29, 0.717) is 19.7 Å². The molecule has 2 fully saturated rings. The Morgan fingerprint density at radius 1 is 1.21 bits per heavy atom. The van der Waals surface area contributed by atoms with Crippen molar-refractivity contribution in [1.82, 2.24) is 15.1 Å². The van der Waals surface area contributed by atoms with Crippen LogP contribution in [0.25, 0.3) is 0 Å². The third-order valence-corrected chi connectivity index (χ3v) is 4.43. The van der Waals surface area contributed by atoms with Crippen molar-refractivity contribution in [3.63, 3.8) is 0 Å². The minimum Gasteiger partial charge on any atom is -0.465 e. The van der Waals surface area contributed by atoms with Crippen molar-refractivity contribution in [2.45, 2.75) is 45.6 Å². The zero-order chi connectivity index (χ0) is 17.5. The maximum Gasteiger partial charge on any atom is 0.307 e. The van der Waals surface area contributed by atoms with Gasteiger partial charge in [-0.25, -0.2) is 0 Å². The van der Waals surface area contributed by atoms with E-state index in [-0.39, 0.29) is 36.7 Å². The normalized spacial score (nSPS) is 22.4. The van der Waals surface area contributed by atoms with Crippen molar-refractivity contribution in [3.05, 3.63) is 0 Å². The number of nitrogens with one attached hydrogen (secondary N) is 1. The van der Waals surface area contributed by atoms with Gasteiger partial charge < -0.3 is 15.0 Å². The predicted molar refractivity (Wildman–Crippen MR) is 89.2 cm³/mol. The van der Waals surface area contributed by atoms with Gasteiger partial charge in [0.25, 0.3) is 0 Å². The lowest BCUT2D eigenvalue weighted by molar-refractivity contribution is -0.150. The summed E-state index contributed by atoms with van der Waals surface area (Å²) in [6.07, 6.45) is 3.24. The van der Waals surface area contributed by atoms with E-state index in [1.54, 1.807) is 0 Å². The Kier molecular flexibility index (Phi) is 7.02. The molecule has 0 saturated carbocycles. The number of rotatable bonds is 6. The number of carbonyl (C=O) groups is 3. The molecule has 0 bridgehead atoms. The number of amides is 2. The predicted octanol–water partition coefficient (Wildman–Crippen LogP) is 0.389. The second-order valence-electron chi connectivity index (χ2n) is 7.00. The lowest BCUT2D eigenvalue weighted by Crippen LogP contribution is -2.58. The maximum atomic E-state index is 12.5. The summed E-state index contributed by atoms with van der Waals surface area (Å²) in [6, 6.07) is -0.618. The molecule has 0 aromatic carbocycles. The van der Waals surface area contributed by atoms with Crippen LogP contribution in [-0.2, 0) is 19.1 Å². The summed E-state index contributed by atoms with van der Waals surface area (Å²) in [4.78, 5) is 40.3. The second-order valence-corrected chi connectivity index (χ2v) is 7.00. The largest absolute Gasteiger partial charge is 0.465 e. The topological polar surface area (TPSA) is 79.0 Å². The zero-order valence-corrected chi connectivity index (χ0v) is 14.8. The number of carbonyl (C=O) groups excluding carboxylic acids is 3. The Morgan fingerprint density at radius 2 is 1.92 bits per heavy atom. The molecule has 24 heavy (non-hydrogen) atoms. The lowest BCUT2D eigenvalue weighted by Gasteiger charge is -2.36. The smallest absolute Gasteiger partial charge is 0.307 e. The zero-order valence-electron chi connectivity index (χ0n) is 14.8. The van der Waals surface area contributed by atoms with E-state index >= 15 is 0 Å². The highest BCUT2D eigenvalue weighted by Crippen LogP contribution is 2.13. The molecule has 2 saturated heterocycles. The van der Waals surface area contributed by atoms with Crippen molar-refractivity contribution < 1.29 is 19.1 Å². The molecule has 2 rings (SSSR count). The molecule has 0 radical (unpaired) electrons. The fraction of sp³-hybridized carbons (Fsp3) is 0.824. The summed E-state index contributed by atoms with van der Waals surface area (Å²) in [5.74, 6) is -0.286. The Hall–Kier alpha value is -1.63. The third-order valence-electron chi connectivity index (χ3n) is 4.43. The fourth-order valence-corrected chi connectivity index (χ4v) is 3.07. The van der Waals surface area contributed by atoms with E-state index in [9.17, 15) is 14.4 Å². The molecule has 2 heterocycles. The average Bonchev–Trinajstić information content (AvgIpc) is 2.57. The van der Waals surface area contributed by atoms with Crippen LogP contribution in [0.5, 0.6) is 0 Å². The van der Waals surface area contributed by atoms with Crippen LogP contribution in [0, 0.1) is 5.92 Å². The van der Waals surface area contributed by atoms with Crippen LogP contribution >= 0.6 is 0 Å². The summed E-state index contributed by atoms with van der Waals surface area (Å²) >= 11 is 0. The van der Waals surface area contributed by atoms with E-state index in [0.717, 1.165) is 25.9 Å². The number of hydrogen-bond acceptors (Lipinski definition) is 5. The second kappa shape index (κ2) is 9.01. The molecule has 0 aliphatic carbocycles. The van der Waals surface area contributed by atoms with Crippen LogP contribution in [0.3, 0.4) is 0 Å². The minimum absolute atomic E-state index is 0.00810. The van der Waals surface area contributed by atoms with Gasteiger partial charge in [0, 0.05) is 26.2 Å². The van der Waals surface area contributed by atoms with Gasteiger partial charge in [0.05, 0.1) is 19.6 Å². The van der Waals surface area contributed by atoms with Crippen LogP contribution in [0.1, 0.15) is 39.5 Å². The third kappa shape index (κ3) is 5.47. The number of likely N-dealkylation sites (tertiary alicyclic amines) is 1. The quantitative estimate of drug-likeness (QED) is 0.708. The summed E-state index contributed by atoms with van der Waals surface area (Å²) < 4.78 is 5.18. The van der Waals surface area contributed by atoms with Gasteiger partial charge in [-0.1, -0.05) is 13.8 Å². The maximum absolute atomic E-state index is 12.5. The lowest BCUT2D eigenvalue weighted by atomic mass is 10.1. The Morgan fingerprint density at radius 3 is 2.58 bits per heavy atom. The first kappa shape index (κ1) is 18.7. The number of esters is 1. The first-order chi connectivity index (χ1) is 11.5. The van der Waals surface area contributed by atoms with Gasteiger partial charge in [0.2, 0.25) is 11.8 Å². The number of piperidine rings is 1. The summed E-state index contributed by atoms with van der Waals surface area (Å²) in [5.41, 5.74) is 0. The van der Waals surface area contributed by atoms with Crippen molar-refractivity contribution in [2.24, 2.45) is 5.92 Å². The first-order valence-electron chi connectivity index (χ1n) is 8.92. The van der Waals surface area contributed by atoms with Crippen LogP contribution < -0.4 is 5.32 Å². The molecule has 0 aromatic heterocycles. The number of piperazine rings is 1. The Labute approximate surface area is 143 Å². The van der Waals surface area contributed by atoms with Crippen molar-refractivity contribution in [2.75, 3.05) is 39.3 Å². The van der Waals surface area contributed by atoms with E-state index in [4.69, 9.17) is 4.74 Å².